The van der Waals surface area contributed by atoms with Crippen LogP contribution in [-0.2, 0) is 9.59 Å². The summed E-state index contributed by atoms with van der Waals surface area (Å²) in [6.45, 7) is 2.01. The van der Waals surface area contributed by atoms with Crippen LogP contribution in [0.15, 0.2) is 24.3 Å². The van der Waals surface area contributed by atoms with E-state index in [1.807, 2.05) is 0 Å². The predicted molar refractivity (Wildman–Crippen MR) is 64.2 cm³/mol. The average Bonchev–Trinajstić information content (AvgIpc) is 2.29. The van der Waals surface area contributed by atoms with Crippen molar-refractivity contribution in [2.75, 3.05) is 13.1 Å². The number of nitrogens with zero attached hydrogens (tertiary/aromatic N) is 1. The van der Waals surface area contributed by atoms with Crippen molar-refractivity contribution in [1.82, 2.24) is 4.90 Å². The van der Waals surface area contributed by atoms with Crippen LogP contribution in [0.1, 0.15) is 6.92 Å². The zero-order valence-corrected chi connectivity index (χ0v) is 10.4. The number of likely N-dealkylation sites (tertiary alicyclic amines) is 1. The normalized spacial score (nSPS) is 16.6. The maximum absolute atomic E-state index is 12.7. The lowest BCUT2D eigenvalue weighted by Crippen LogP contribution is -2.56. The van der Waals surface area contributed by atoms with E-state index >= 15 is 0 Å². The molecule has 0 aromatic heterocycles. The van der Waals surface area contributed by atoms with Crippen LogP contribution in [0.4, 0.5) is 4.39 Å². The van der Waals surface area contributed by atoms with Gasteiger partial charge in [0.2, 0.25) is 0 Å². The first-order valence-electron chi connectivity index (χ1n) is 5.91. The number of halogens is 1. The van der Waals surface area contributed by atoms with Crippen molar-refractivity contribution in [2.24, 2.45) is 5.92 Å². The molecule has 1 unspecified atom stereocenters. The molecule has 1 fully saturated rings. The zero-order valence-electron chi connectivity index (χ0n) is 10.4. The molecule has 5 nitrogen and oxygen atoms in total. The van der Waals surface area contributed by atoms with Gasteiger partial charge in [-0.15, -0.1) is 0 Å². The van der Waals surface area contributed by atoms with Crippen molar-refractivity contribution in [3.05, 3.63) is 30.1 Å². The largest absolute Gasteiger partial charge is 0.481 e. The van der Waals surface area contributed by atoms with Crippen molar-refractivity contribution in [1.29, 1.82) is 0 Å². The van der Waals surface area contributed by atoms with E-state index < -0.39 is 18.0 Å². The summed E-state index contributed by atoms with van der Waals surface area (Å²) in [5, 5.41) is 8.73. The monoisotopic (exact) mass is 267 g/mol. The number of hydrogen-bond donors (Lipinski definition) is 1. The minimum absolute atomic E-state index is 0.214. The molecule has 1 atom stereocenters. The second-order valence-electron chi connectivity index (χ2n) is 4.49. The molecule has 1 amide bonds. The summed E-state index contributed by atoms with van der Waals surface area (Å²) in [6, 6.07) is 5.37. The van der Waals surface area contributed by atoms with Gasteiger partial charge in [-0.05, 0) is 31.2 Å². The number of carbonyl (C=O) groups is 2. The molecule has 1 aliphatic rings. The van der Waals surface area contributed by atoms with E-state index in [1.54, 1.807) is 6.92 Å². The Morgan fingerprint density at radius 2 is 1.95 bits per heavy atom. The first-order chi connectivity index (χ1) is 8.97. The molecule has 0 radical (unpaired) electrons. The van der Waals surface area contributed by atoms with E-state index in [4.69, 9.17) is 9.84 Å². The van der Waals surface area contributed by atoms with Gasteiger partial charge >= 0.3 is 5.97 Å². The Morgan fingerprint density at radius 3 is 2.47 bits per heavy atom. The Labute approximate surface area is 109 Å². The summed E-state index contributed by atoms with van der Waals surface area (Å²) >= 11 is 0. The molecular formula is C13H14FNO4. The summed E-state index contributed by atoms with van der Waals surface area (Å²) in [6.07, 6.45) is -0.722. The van der Waals surface area contributed by atoms with Gasteiger partial charge in [0.1, 0.15) is 11.6 Å². The molecule has 1 N–H and O–H groups in total. The first kappa shape index (κ1) is 13.3. The molecule has 1 aliphatic heterocycles. The van der Waals surface area contributed by atoms with Crippen molar-refractivity contribution in [2.45, 2.75) is 13.0 Å². The Hall–Kier alpha value is -2.11. The molecule has 1 saturated heterocycles. The van der Waals surface area contributed by atoms with Gasteiger partial charge in [0.25, 0.3) is 5.91 Å². The van der Waals surface area contributed by atoms with Gasteiger partial charge in [0, 0.05) is 13.1 Å². The van der Waals surface area contributed by atoms with Gasteiger partial charge in [-0.1, -0.05) is 0 Å². The smallest absolute Gasteiger partial charge is 0.310 e. The maximum atomic E-state index is 12.7. The molecule has 102 valence electrons. The molecular weight excluding hydrogens is 253 g/mol. The molecule has 19 heavy (non-hydrogen) atoms. The fraction of sp³-hybridized carbons (Fsp3) is 0.385. The van der Waals surface area contributed by atoms with Gasteiger partial charge in [0.05, 0.1) is 5.92 Å². The number of hydrogen-bond acceptors (Lipinski definition) is 3. The number of carboxylic acid groups (broad SMARTS) is 1. The molecule has 0 saturated carbocycles. The van der Waals surface area contributed by atoms with Crippen molar-refractivity contribution >= 4 is 11.9 Å². The lowest BCUT2D eigenvalue weighted by Gasteiger charge is -2.38. The molecule has 1 aromatic rings. The molecule has 0 aliphatic carbocycles. The van der Waals surface area contributed by atoms with E-state index in [0.717, 1.165) is 0 Å². The Kier molecular flexibility index (Phi) is 3.69. The highest BCUT2D eigenvalue weighted by molar-refractivity contribution is 5.84. The van der Waals surface area contributed by atoms with Gasteiger partial charge < -0.3 is 14.7 Å². The highest BCUT2D eigenvalue weighted by Gasteiger charge is 2.37. The van der Waals surface area contributed by atoms with Crippen LogP contribution < -0.4 is 4.74 Å². The minimum atomic E-state index is -0.892. The molecule has 1 aromatic carbocycles. The number of benzene rings is 1. The number of rotatable bonds is 4. The first-order valence-corrected chi connectivity index (χ1v) is 5.91. The Bertz CT molecular complexity index is 482. The summed E-state index contributed by atoms with van der Waals surface area (Å²) in [5.74, 6) is -1.61. The van der Waals surface area contributed by atoms with Crippen molar-refractivity contribution < 1.29 is 23.8 Å². The fourth-order valence-corrected chi connectivity index (χ4v) is 1.84. The van der Waals surface area contributed by atoms with E-state index in [1.165, 1.54) is 29.2 Å². The van der Waals surface area contributed by atoms with Crippen LogP contribution in [0.5, 0.6) is 5.75 Å². The summed E-state index contributed by atoms with van der Waals surface area (Å²) in [4.78, 5) is 24.0. The van der Waals surface area contributed by atoms with Crippen LogP contribution in [0.2, 0.25) is 0 Å². The molecule has 0 spiro atoms. The Morgan fingerprint density at radius 1 is 1.37 bits per heavy atom. The van der Waals surface area contributed by atoms with Crippen LogP contribution in [-0.4, -0.2) is 41.1 Å². The average molecular weight is 267 g/mol. The standard InChI is InChI=1S/C13H14FNO4/c1-8(19-11-4-2-10(14)3-5-11)12(16)15-6-9(7-15)13(17)18/h2-5,8-9H,6-7H2,1H3,(H,17,18). The third-order valence-electron chi connectivity index (χ3n) is 3.02. The van der Waals surface area contributed by atoms with Gasteiger partial charge in [-0.2, -0.15) is 0 Å². The third kappa shape index (κ3) is 3.01. The van der Waals surface area contributed by atoms with Crippen LogP contribution in [0.3, 0.4) is 0 Å². The second kappa shape index (κ2) is 5.26. The van der Waals surface area contributed by atoms with Crippen molar-refractivity contribution in [3.8, 4) is 5.75 Å². The predicted octanol–water partition coefficient (Wildman–Crippen LogP) is 1.14. The lowest BCUT2D eigenvalue weighted by atomic mass is 10.00. The summed E-state index contributed by atoms with van der Waals surface area (Å²) < 4.78 is 18.1. The maximum Gasteiger partial charge on any atom is 0.310 e. The topological polar surface area (TPSA) is 66.8 Å². The SMILES string of the molecule is CC(Oc1ccc(F)cc1)C(=O)N1CC(C(=O)O)C1. The molecule has 2 rings (SSSR count). The minimum Gasteiger partial charge on any atom is -0.481 e. The zero-order chi connectivity index (χ0) is 14.0. The molecule has 0 bridgehead atoms. The Balaban J connectivity index is 1.87. The highest BCUT2D eigenvalue weighted by atomic mass is 19.1. The lowest BCUT2D eigenvalue weighted by molar-refractivity contribution is -0.155. The fourth-order valence-electron chi connectivity index (χ4n) is 1.84. The van der Waals surface area contributed by atoms with Gasteiger partial charge in [-0.25, -0.2) is 4.39 Å². The number of ether oxygens (including phenoxy) is 1. The van der Waals surface area contributed by atoms with Crippen LogP contribution in [0, 0.1) is 11.7 Å². The van der Waals surface area contributed by atoms with E-state index in [0.29, 0.717) is 5.75 Å². The van der Waals surface area contributed by atoms with E-state index in [9.17, 15) is 14.0 Å². The highest BCUT2D eigenvalue weighted by Crippen LogP contribution is 2.19. The summed E-state index contributed by atoms with van der Waals surface area (Å²) in [5.41, 5.74) is 0. The van der Waals surface area contributed by atoms with Crippen LogP contribution >= 0.6 is 0 Å². The number of carboxylic acids is 1. The number of amides is 1. The third-order valence-corrected chi connectivity index (χ3v) is 3.02. The van der Waals surface area contributed by atoms with Gasteiger partial charge in [0.15, 0.2) is 6.10 Å². The quantitative estimate of drug-likeness (QED) is 0.888. The molecule has 6 heteroatoms. The van der Waals surface area contributed by atoms with Crippen molar-refractivity contribution in [3.63, 3.8) is 0 Å². The molecule has 1 heterocycles. The second-order valence-corrected chi connectivity index (χ2v) is 4.49. The number of carbonyl (C=O) groups excluding carboxylic acids is 1. The van der Waals surface area contributed by atoms with Gasteiger partial charge in [-0.3, -0.25) is 9.59 Å². The number of aliphatic carboxylic acids is 1. The van der Waals surface area contributed by atoms with E-state index in [-0.39, 0.29) is 24.8 Å². The van der Waals surface area contributed by atoms with Crippen LogP contribution in [0.25, 0.3) is 0 Å². The summed E-state index contributed by atoms with van der Waals surface area (Å²) in [7, 11) is 0. The van der Waals surface area contributed by atoms with E-state index in [2.05, 4.69) is 0 Å².